The number of hydrogen-bond acceptors (Lipinski definition) is 3. The molecule has 6 heteroatoms. The van der Waals surface area contributed by atoms with Crippen molar-refractivity contribution in [3.63, 3.8) is 0 Å². The Bertz CT molecular complexity index is 2030. The first kappa shape index (κ1) is 21.2. The molecule has 2 aromatic heterocycles. The number of aromatic nitrogens is 2. The van der Waals surface area contributed by atoms with Crippen LogP contribution in [0.15, 0.2) is 103 Å². The summed E-state index contributed by atoms with van der Waals surface area (Å²) in [6.45, 7) is 1.66. The molecule has 0 bridgehead atoms. The Balaban J connectivity index is 1.34. The van der Waals surface area contributed by atoms with Crippen molar-refractivity contribution in [1.82, 2.24) is 9.55 Å². The Kier molecular flexibility index (Phi) is 4.71. The second-order valence-corrected chi connectivity index (χ2v) is 10.3. The molecule has 7 rings (SSSR count). The summed E-state index contributed by atoms with van der Waals surface area (Å²) in [4.78, 5) is 7.72. The smallest absolute Gasteiger partial charge is 0.298 e. The Hall–Kier alpha value is -4.71. The third-order valence-corrected chi connectivity index (χ3v) is 7.89. The summed E-state index contributed by atoms with van der Waals surface area (Å²) in [6.07, 6.45) is 1.80. The number of aryl methyl sites for hydroxylation is 2. The summed E-state index contributed by atoms with van der Waals surface area (Å²) in [7, 11) is 0. The van der Waals surface area contributed by atoms with Crippen molar-refractivity contribution in [2.45, 2.75) is 19.8 Å². The lowest BCUT2D eigenvalue weighted by Gasteiger charge is -2.23. The third-order valence-electron chi connectivity index (χ3n) is 7.89. The predicted molar refractivity (Wildman–Crippen MR) is 159 cm³/mol. The highest BCUT2D eigenvalue weighted by Gasteiger charge is 2.36. The SMILES string of the molecule is [2H]C([2H])([2H])N1CN(c2cccc(C(F)(F)c3ccc4c5ccccc5n(-c5cc(C)c(C)cn5)c4c3)c2)c2ccccc21. The molecular formula is C34H28F2N4. The van der Waals surface area contributed by atoms with E-state index in [4.69, 9.17) is 4.11 Å². The van der Waals surface area contributed by atoms with Gasteiger partial charge >= 0.3 is 0 Å². The van der Waals surface area contributed by atoms with Gasteiger partial charge in [0, 0.05) is 44.9 Å². The largest absolute Gasteiger partial charge is 0.355 e. The first-order valence-electron chi connectivity index (χ1n) is 14.6. The maximum atomic E-state index is 16.4. The number of anilines is 3. The molecule has 4 aromatic carbocycles. The highest BCUT2D eigenvalue weighted by atomic mass is 19.3. The molecule has 0 amide bonds. The fraction of sp³-hybridized carbons (Fsp3) is 0.147. The van der Waals surface area contributed by atoms with Crippen LogP contribution in [0.25, 0.3) is 27.6 Å². The number of alkyl halides is 2. The zero-order valence-corrected chi connectivity index (χ0v) is 22.1. The Morgan fingerprint density at radius 3 is 2.33 bits per heavy atom. The van der Waals surface area contributed by atoms with Gasteiger partial charge in [0.05, 0.1) is 29.1 Å². The van der Waals surface area contributed by atoms with Gasteiger partial charge in [0.2, 0.25) is 0 Å². The molecule has 0 atom stereocenters. The fourth-order valence-corrected chi connectivity index (χ4v) is 5.62. The monoisotopic (exact) mass is 533 g/mol. The van der Waals surface area contributed by atoms with E-state index in [9.17, 15) is 0 Å². The number of benzene rings is 4. The summed E-state index contributed by atoms with van der Waals surface area (Å²) in [5, 5.41) is 1.82. The Labute approximate surface area is 235 Å². The molecule has 0 fully saturated rings. The zero-order chi connectivity index (χ0) is 30.1. The lowest BCUT2D eigenvalue weighted by molar-refractivity contribution is 0.0430. The molecule has 1 aliphatic rings. The summed E-state index contributed by atoms with van der Waals surface area (Å²) >= 11 is 0. The van der Waals surface area contributed by atoms with Crippen LogP contribution in [0.3, 0.4) is 0 Å². The van der Waals surface area contributed by atoms with Gasteiger partial charge in [-0.05, 0) is 67.4 Å². The average molecular weight is 534 g/mol. The van der Waals surface area contributed by atoms with E-state index in [1.807, 2.05) is 54.8 Å². The normalized spacial score (nSPS) is 14.8. The standard InChI is InChI=1S/C34H28F2N4/c1-22-17-33(37-20-23(22)2)40-29-12-5-4-11-27(29)28-16-15-25(19-32(28)40)34(35,36)24-9-8-10-26(18-24)39-21-38(3)30-13-6-7-14-31(30)39/h4-20H,21H2,1-3H3/i3D3. The van der Waals surface area contributed by atoms with Gasteiger partial charge in [-0.3, -0.25) is 4.57 Å². The van der Waals surface area contributed by atoms with E-state index in [-0.39, 0.29) is 17.8 Å². The summed E-state index contributed by atoms with van der Waals surface area (Å²) in [6, 6.07) is 27.9. The minimum absolute atomic E-state index is 0.0277. The topological polar surface area (TPSA) is 24.3 Å². The lowest BCUT2D eigenvalue weighted by atomic mass is 9.98. The highest BCUT2D eigenvalue weighted by molar-refractivity contribution is 6.09. The van der Waals surface area contributed by atoms with Crippen LogP contribution in [0.1, 0.15) is 26.4 Å². The van der Waals surface area contributed by atoms with E-state index in [1.165, 1.54) is 23.1 Å². The number of rotatable bonds is 4. The number of fused-ring (bicyclic) bond motifs is 4. The van der Waals surface area contributed by atoms with Gasteiger partial charge < -0.3 is 9.80 Å². The van der Waals surface area contributed by atoms with Crippen molar-refractivity contribution >= 4 is 38.9 Å². The van der Waals surface area contributed by atoms with Crippen LogP contribution in [-0.4, -0.2) is 23.2 Å². The minimum atomic E-state index is -3.33. The Morgan fingerprint density at radius 2 is 1.50 bits per heavy atom. The summed E-state index contributed by atoms with van der Waals surface area (Å²) < 4.78 is 58.7. The van der Waals surface area contributed by atoms with Crippen LogP contribution in [0.2, 0.25) is 0 Å². The molecular weight excluding hydrogens is 502 g/mol. The van der Waals surface area contributed by atoms with Gasteiger partial charge in [-0.25, -0.2) is 4.98 Å². The second-order valence-electron chi connectivity index (χ2n) is 10.3. The van der Waals surface area contributed by atoms with Crippen LogP contribution in [0.5, 0.6) is 0 Å². The number of nitrogens with zero attached hydrogens (tertiary/aromatic N) is 4. The number of hydrogen-bond donors (Lipinski definition) is 0. The van der Waals surface area contributed by atoms with Gasteiger partial charge in [0.25, 0.3) is 5.92 Å². The van der Waals surface area contributed by atoms with Crippen LogP contribution < -0.4 is 9.80 Å². The molecule has 40 heavy (non-hydrogen) atoms. The maximum Gasteiger partial charge on any atom is 0.298 e. The molecule has 0 aliphatic carbocycles. The van der Waals surface area contributed by atoms with Crippen molar-refractivity contribution in [3.05, 3.63) is 126 Å². The zero-order valence-electron chi connectivity index (χ0n) is 25.1. The Morgan fingerprint density at radius 1 is 0.750 bits per heavy atom. The van der Waals surface area contributed by atoms with Gasteiger partial charge in [-0.1, -0.05) is 54.6 Å². The molecule has 0 spiro atoms. The van der Waals surface area contributed by atoms with Crippen molar-refractivity contribution in [2.24, 2.45) is 0 Å². The lowest BCUT2D eigenvalue weighted by Crippen LogP contribution is -2.24. The first-order chi connectivity index (χ1) is 20.5. The molecule has 198 valence electrons. The van der Waals surface area contributed by atoms with Crippen LogP contribution in [0.4, 0.5) is 25.8 Å². The third kappa shape index (κ3) is 3.67. The van der Waals surface area contributed by atoms with Crippen molar-refractivity contribution in [3.8, 4) is 5.82 Å². The van der Waals surface area contributed by atoms with Crippen molar-refractivity contribution in [2.75, 3.05) is 23.4 Å². The molecule has 0 radical (unpaired) electrons. The molecule has 0 saturated carbocycles. The van der Waals surface area contributed by atoms with Gasteiger partial charge in [0.15, 0.2) is 0 Å². The van der Waals surface area contributed by atoms with E-state index in [0.717, 1.165) is 27.4 Å². The van der Waals surface area contributed by atoms with Crippen LogP contribution in [0, 0.1) is 13.8 Å². The molecule has 4 nitrogen and oxygen atoms in total. The number of pyridine rings is 1. The molecule has 6 aromatic rings. The molecule has 1 aliphatic heterocycles. The fourth-order valence-electron chi connectivity index (χ4n) is 5.62. The van der Waals surface area contributed by atoms with E-state index >= 15 is 8.78 Å². The average Bonchev–Trinajstić information content (AvgIpc) is 3.55. The van der Waals surface area contributed by atoms with Gasteiger partial charge in [-0.2, -0.15) is 8.78 Å². The molecule has 0 N–H and O–H groups in total. The quantitative estimate of drug-likeness (QED) is 0.227. The minimum Gasteiger partial charge on any atom is -0.355 e. The van der Waals surface area contributed by atoms with Crippen LogP contribution in [-0.2, 0) is 5.92 Å². The second kappa shape index (κ2) is 8.91. The molecule has 0 unspecified atom stereocenters. The first-order valence-corrected chi connectivity index (χ1v) is 13.1. The highest BCUT2D eigenvalue weighted by Crippen LogP contribution is 2.43. The van der Waals surface area contributed by atoms with Gasteiger partial charge in [-0.15, -0.1) is 0 Å². The summed E-state index contributed by atoms with van der Waals surface area (Å²) in [5.74, 6) is -2.66. The van der Waals surface area contributed by atoms with Crippen molar-refractivity contribution < 1.29 is 12.9 Å². The molecule has 3 heterocycles. The van der Waals surface area contributed by atoms with E-state index < -0.39 is 12.9 Å². The van der Waals surface area contributed by atoms with E-state index in [1.54, 1.807) is 53.6 Å². The number of para-hydroxylation sites is 3. The summed E-state index contributed by atoms with van der Waals surface area (Å²) in [5.41, 5.74) is 5.02. The van der Waals surface area contributed by atoms with Crippen molar-refractivity contribution in [1.29, 1.82) is 0 Å². The van der Waals surface area contributed by atoms with E-state index in [2.05, 4.69) is 4.98 Å². The van der Waals surface area contributed by atoms with E-state index in [0.29, 0.717) is 28.4 Å². The molecule has 0 saturated heterocycles. The van der Waals surface area contributed by atoms with Crippen LogP contribution >= 0.6 is 0 Å². The predicted octanol–water partition coefficient (Wildman–Crippen LogP) is 8.48. The maximum absolute atomic E-state index is 16.4. The van der Waals surface area contributed by atoms with Gasteiger partial charge in [0.1, 0.15) is 5.82 Å². The number of halogens is 2.